The Morgan fingerprint density at radius 2 is 2.03 bits per heavy atom. The summed E-state index contributed by atoms with van der Waals surface area (Å²) >= 11 is 1.07. The number of fused-ring (bicyclic) bond motifs is 2. The molecular weight excluding hydrogens is 436 g/mol. The molecule has 31 heavy (non-hydrogen) atoms. The summed E-state index contributed by atoms with van der Waals surface area (Å²) in [7, 11) is -2.24. The quantitative estimate of drug-likeness (QED) is 0.597. The second-order valence-electron chi connectivity index (χ2n) is 8.29. The molecule has 1 aliphatic heterocycles. The zero-order chi connectivity index (χ0) is 22.4. The van der Waals surface area contributed by atoms with Crippen LogP contribution in [0.25, 0.3) is 10.2 Å². The number of methoxy groups -OCH3 is 1. The molecule has 1 aliphatic rings. The summed E-state index contributed by atoms with van der Waals surface area (Å²) in [5.74, 6) is 1.25. The number of aromatic nitrogens is 1. The number of aryl methyl sites for hydroxylation is 1. The van der Waals surface area contributed by atoms with Crippen molar-refractivity contribution < 1.29 is 17.9 Å². The molecule has 0 spiro atoms. The summed E-state index contributed by atoms with van der Waals surface area (Å²) in [4.78, 5) is 12.3. The maximum absolute atomic E-state index is 13.2. The Morgan fingerprint density at radius 3 is 2.74 bits per heavy atom. The van der Waals surface area contributed by atoms with Crippen LogP contribution in [0.5, 0.6) is 11.5 Å². The van der Waals surface area contributed by atoms with Gasteiger partial charge in [-0.2, -0.15) is 0 Å². The molecule has 1 aromatic heterocycles. The molecule has 0 saturated carbocycles. The molecule has 4 rings (SSSR count). The third-order valence-electron chi connectivity index (χ3n) is 5.37. The van der Waals surface area contributed by atoms with Crippen LogP contribution >= 0.6 is 11.3 Å². The number of ether oxygens (including phenoxy) is 2. The Kier molecular flexibility index (Phi) is 5.61. The van der Waals surface area contributed by atoms with Crippen molar-refractivity contribution in [2.24, 2.45) is 0 Å². The van der Waals surface area contributed by atoms with Crippen LogP contribution in [0, 0.1) is 0 Å². The first-order valence-corrected chi connectivity index (χ1v) is 12.5. The Balaban J connectivity index is 1.70. The van der Waals surface area contributed by atoms with Gasteiger partial charge in [0.2, 0.25) is 10.0 Å². The zero-order valence-electron chi connectivity index (χ0n) is 18.0. The molecule has 3 aromatic rings. The second kappa shape index (κ2) is 7.96. The Labute approximate surface area is 185 Å². The molecule has 9 heteroatoms. The highest BCUT2D eigenvalue weighted by atomic mass is 32.2. The lowest BCUT2D eigenvalue weighted by molar-refractivity contribution is 0.0699. The first-order valence-electron chi connectivity index (χ1n) is 10.2. The Hall–Kier alpha value is -2.36. The molecule has 2 heterocycles. The number of hydrogen-bond acceptors (Lipinski definition) is 6. The van der Waals surface area contributed by atoms with E-state index >= 15 is 0 Å². The maximum Gasteiger partial charge on any atom is 0.308 e. The molecule has 7 nitrogen and oxygen atoms in total. The molecule has 0 fully saturated rings. The van der Waals surface area contributed by atoms with E-state index in [2.05, 4.69) is 4.72 Å². The lowest BCUT2D eigenvalue weighted by Crippen LogP contribution is -2.41. The molecule has 0 radical (unpaired) electrons. The van der Waals surface area contributed by atoms with Gasteiger partial charge in [0.05, 0.1) is 28.3 Å². The highest BCUT2D eigenvalue weighted by Gasteiger charge is 2.36. The van der Waals surface area contributed by atoms with Crippen LogP contribution in [0.3, 0.4) is 0 Å². The van der Waals surface area contributed by atoms with Crippen molar-refractivity contribution in [1.82, 2.24) is 9.29 Å². The van der Waals surface area contributed by atoms with Crippen LogP contribution in [0.2, 0.25) is 0 Å². The molecule has 1 N–H and O–H groups in total. The van der Waals surface area contributed by atoms with Gasteiger partial charge in [0.25, 0.3) is 0 Å². The molecule has 0 bridgehead atoms. The molecule has 0 amide bonds. The zero-order valence-corrected chi connectivity index (χ0v) is 19.6. The highest BCUT2D eigenvalue weighted by molar-refractivity contribution is 7.89. The lowest BCUT2D eigenvalue weighted by atomic mass is 9.90. The average Bonchev–Trinajstić information content (AvgIpc) is 3.01. The van der Waals surface area contributed by atoms with E-state index in [0.717, 1.165) is 28.8 Å². The summed E-state index contributed by atoms with van der Waals surface area (Å²) in [6.07, 6.45) is 1.31. The third-order valence-corrected chi connectivity index (χ3v) is 7.78. The van der Waals surface area contributed by atoms with E-state index in [1.54, 1.807) is 42.0 Å². The smallest absolute Gasteiger partial charge is 0.308 e. The van der Waals surface area contributed by atoms with E-state index in [0.29, 0.717) is 29.2 Å². The van der Waals surface area contributed by atoms with Crippen LogP contribution in [0.1, 0.15) is 45.2 Å². The van der Waals surface area contributed by atoms with Crippen molar-refractivity contribution in [1.29, 1.82) is 0 Å². The summed E-state index contributed by atoms with van der Waals surface area (Å²) in [6, 6.07) is 9.80. The van der Waals surface area contributed by atoms with Gasteiger partial charge in [-0.3, -0.25) is 9.36 Å². The van der Waals surface area contributed by atoms with Crippen LogP contribution in [0.15, 0.2) is 46.1 Å². The van der Waals surface area contributed by atoms with Gasteiger partial charge in [-0.05, 0) is 44.5 Å². The van der Waals surface area contributed by atoms with Crippen LogP contribution in [-0.2, 0) is 16.6 Å². The highest BCUT2D eigenvalue weighted by Crippen LogP contribution is 2.41. The van der Waals surface area contributed by atoms with Gasteiger partial charge in [-0.1, -0.05) is 24.3 Å². The van der Waals surface area contributed by atoms with Crippen molar-refractivity contribution >= 4 is 31.6 Å². The molecular formula is C22H26N2O5S2. The van der Waals surface area contributed by atoms with Gasteiger partial charge in [0.1, 0.15) is 17.1 Å². The number of thiazole rings is 1. The minimum absolute atomic E-state index is 0.0755. The van der Waals surface area contributed by atoms with Crippen molar-refractivity contribution in [2.75, 3.05) is 7.11 Å². The standard InChI is InChI=1S/C22H26N2O5S2/c1-5-10-24-18-9-7-15(12-20(18)30-21(24)25)31(26,27)23-17-13-22(2,3)29-19-11-14(28-4)6-8-16(17)19/h6-9,11-12,17,23H,5,10,13H2,1-4H3. The van der Waals surface area contributed by atoms with E-state index < -0.39 is 21.7 Å². The number of nitrogens with one attached hydrogen (secondary N) is 1. The van der Waals surface area contributed by atoms with Gasteiger partial charge in [0.15, 0.2) is 0 Å². The SMILES string of the molecule is CCCn1c(=O)sc2cc(S(=O)(=O)NC3CC(C)(C)Oc4cc(OC)ccc43)ccc21. The van der Waals surface area contributed by atoms with Crippen LogP contribution in [0.4, 0.5) is 0 Å². The summed E-state index contributed by atoms with van der Waals surface area (Å²) in [5.41, 5.74) is 0.983. The van der Waals surface area contributed by atoms with Crippen molar-refractivity contribution in [3.05, 3.63) is 51.6 Å². The van der Waals surface area contributed by atoms with Gasteiger partial charge in [-0.25, -0.2) is 13.1 Å². The second-order valence-corrected chi connectivity index (χ2v) is 11.0. The van der Waals surface area contributed by atoms with Gasteiger partial charge in [-0.15, -0.1) is 0 Å². The normalized spacial score (nSPS) is 17.9. The van der Waals surface area contributed by atoms with Gasteiger partial charge in [0, 0.05) is 24.6 Å². The van der Waals surface area contributed by atoms with E-state index in [9.17, 15) is 13.2 Å². The van der Waals surface area contributed by atoms with Crippen molar-refractivity contribution in [3.63, 3.8) is 0 Å². The number of sulfonamides is 1. The first-order chi connectivity index (χ1) is 14.6. The van der Waals surface area contributed by atoms with E-state index in [1.165, 1.54) is 0 Å². The average molecular weight is 463 g/mol. The summed E-state index contributed by atoms with van der Waals surface area (Å²) in [5, 5.41) is 0. The predicted octanol–water partition coefficient (Wildman–Crippen LogP) is 4.06. The topological polar surface area (TPSA) is 86.6 Å². The number of rotatable bonds is 6. The van der Waals surface area contributed by atoms with E-state index in [4.69, 9.17) is 9.47 Å². The monoisotopic (exact) mass is 462 g/mol. The predicted molar refractivity (Wildman–Crippen MR) is 122 cm³/mol. The molecule has 1 atom stereocenters. The van der Waals surface area contributed by atoms with E-state index in [-0.39, 0.29) is 9.77 Å². The van der Waals surface area contributed by atoms with Crippen LogP contribution in [-0.4, -0.2) is 25.7 Å². The minimum Gasteiger partial charge on any atom is -0.497 e. The van der Waals surface area contributed by atoms with Crippen molar-refractivity contribution in [2.45, 2.75) is 56.7 Å². The molecule has 0 aliphatic carbocycles. The fraction of sp³-hybridized carbons (Fsp3) is 0.409. The van der Waals surface area contributed by atoms with Crippen molar-refractivity contribution in [3.8, 4) is 11.5 Å². The lowest BCUT2D eigenvalue weighted by Gasteiger charge is -2.37. The number of hydrogen-bond donors (Lipinski definition) is 1. The van der Waals surface area contributed by atoms with Crippen LogP contribution < -0.4 is 19.1 Å². The largest absolute Gasteiger partial charge is 0.497 e. The molecule has 2 aromatic carbocycles. The maximum atomic E-state index is 13.2. The number of benzene rings is 2. The molecule has 166 valence electrons. The van der Waals surface area contributed by atoms with Gasteiger partial charge >= 0.3 is 4.87 Å². The molecule has 0 saturated heterocycles. The Bertz CT molecular complexity index is 1290. The summed E-state index contributed by atoms with van der Waals surface area (Å²) in [6.45, 7) is 6.47. The summed E-state index contributed by atoms with van der Waals surface area (Å²) < 4.78 is 43.0. The molecule has 1 unspecified atom stereocenters. The fourth-order valence-electron chi connectivity index (χ4n) is 3.97. The van der Waals surface area contributed by atoms with Gasteiger partial charge < -0.3 is 9.47 Å². The Morgan fingerprint density at radius 1 is 1.26 bits per heavy atom. The van der Waals surface area contributed by atoms with E-state index in [1.807, 2.05) is 26.8 Å². The third kappa shape index (κ3) is 4.22. The minimum atomic E-state index is -3.82. The fourth-order valence-corrected chi connectivity index (χ4v) is 6.24. The number of nitrogens with zero attached hydrogens (tertiary/aromatic N) is 1. The first kappa shape index (κ1) is 21.9.